The first kappa shape index (κ1) is 14.6. The van der Waals surface area contributed by atoms with Crippen molar-refractivity contribution in [1.82, 2.24) is 5.32 Å². The smallest absolute Gasteiger partial charge is 0.224 e. The first-order valence-electron chi connectivity index (χ1n) is 6.47. The van der Waals surface area contributed by atoms with Crippen LogP contribution >= 0.6 is 23.2 Å². The minimum Gasteiger partial charge on any atom is -0.391 e. The van der Waals surface area contributed by atoms with E-state index in [1.807, 2.05) is 0 Å². The number of rotatable bonds is 3. The van der Waals surface area contributed by atoms with E-state index in [4.69, 9.17) is 23.2 Å². The number of amides is 1. The summed E-state index contributed by atoms with van der Waals surface area (Å²) in [7, 11) is 0. The van der Waals surface area contributed by atoms with Crippen molar-refractivity contribution in [3.05, 3.63) is 33.8 Å². The molecular weight excluding hydrogens is 285 g/mol. The van der Waals surface area contributed by atoms with Crippen LogP contribution in [0.15, 0.2) is 18.2 Å². The maximum Gasteiger partial charge on any atom is 0.224 e. The highest BCUT2D eigenvalue weighted by Crippen LogP contribution is 2.23. The first-order valence-corrected chi connectivity index (χ1v) is 7.23. The van der Waals surface area contributed by atoms with Gasteiger partial charge in [0.1, 0.15) is 0 Å². The van der Waals surface area contributed by atoms with Crippen molar-refractivity contribution in [1.29, 1.82) is 0 Å². The fourth-order valence-corrected chi connectivity index (χ4v) is 2.69. The van der Waals surface area contributed by atoms with Crippen LogP contribution in [-0.2, 0) is 11.2 Å². The van der Waals surface area contributed by atoms with Crippen molar-refractivity contribution in [3.63, 3.8) is 0 Å². The van der Waals surface area contributed by atoms with E-state index in [9.17, 15) is 9.90 Å². The molecule has 104 valence electrons. The van der Waals surface area contributed by atoms with Crippen LogP contribution in [0.25, 0.3) is 0 Å². The van der Waals surface area contributed by atoms with Gasteiger partial charge in [0.05, 0.1) is 28.6 Å². The van der Waals surface area contributed by atoms with Crippen molar-refractivity contribution < 1.29 is 9.90 Å². The minimum atomic E-state index is -0.425. The zero-order valence-electron chi connectivity index (χ0n) is 10.5. The molecule has 0 radical (unpaired) electrons. The third kappa shape index (κ3) is 4.10. The van der Waals surface area contributed by atoms with Gasteiger partial charge in [0.25, 0.3) is 0 Å². The lowest BCUT2D eigenvalue weighted by Gasteiger charge is -2.28. The van der Waals surface area contributed by atoms with E-state index in [0.29, 0.717) is 10.0 Å². The minimum absolute atomic E-state index is 0.0932. The molecule has 0 spiro atoms. The van der Waals surface area contributed by atoms with Crippen molar-refractivity contribution in [3.8, 4) is 0 Å². The Labute approximate surface area is 122 Å². The van der Waals surface area contributed by atoms with E-state index >= 15 is 0 Å². The summed E-state index contributed by atoms with van der Waals surface area (Å²) in [5, 5.41) is 13.6. The molecule has 0 saturated heterocycles. The highest BCUT2D eigenvalue weighted by atomic mass is 35.5. The zero-order valence-corrected chi connectivity index (χ0v) is 12.0. The molecule has 0 aromatic heterocycles. The van der Waals surface area contributed by atoms with Gasteiger partial charge < -0.3 is 10.4 Å². The molecule has 1 aliphatic carbocycles. The predicted octanol–water partition coefficient (Wildman–Crippen LogP) is 2.96. The fourth-order valence-electron chi connectivity index (χ4n) is 2.37. The second-order valence-electron chi connectivity index (χ2n) is 4.95. The van der Waals surface area contributed by atoms with Gasteiger partial charge in [-0.25, -0.2) is 0 Å². The monoisotopic (exact) mass is 301 g/mol. The van der Waals surface area contributed by atoms with Crippen LogP contribution < -0.4 is 5.32 Å². The Morgan fingerprint density at radius 1 is 1.26 bits per heavy atom. The number of carbonyl (C=O) groups excluding carboxylic acids is 1. The Morgan fingerprint density at radius 2 is 2.00 bits per heavy atom. The zero-order chi connectivity index (χ0) is 13.8. The number of hydrogen-bond donors (Lipinski definition) is 2. The highest BCUT2D eigenvalue weighted by molar-refractivity contribution is 6.42. The number of aliphatic hydroxyl groups excluding tert-OH is 1. The average Bonchev–Trinajstić information content (AvgIpc) is 2.37. The number of halogens is 2. The molecule has 3 nitrogen and oxygen atoms in total. The summed E-state index contributed by atoms with van der Waals surface area (Å²) in [6.45, 7) is 0. The molecule has 1 aromatic rings. The van der Waals surface area contributed by atoms with E-state index in [1.165, 1.54) is 0 Å². The van der Waals surface area contributed by atoms with Crippen molar-refractivity contribution in [2.75, 3.05) is 0 Å². The summed E-state index contributed by atoms with van der Waals surface area (Å²) in [5.74, 6) is -0.0932. The summed E-state index contributed by atoms with van der Waals surface area (Å²) in [5.41, 5.74) is 0.817. The molecular formula is C14H17Cl2NO2. The second-order valence-corrected chi connectivity index (χ2v) is 5.77. The molecule has 1 fully saturated rings. The van der Waals surface area contributed by atoms with Gasteiger partial charge in [-0.15, -0.1) is 0 Å². The molecule has 1 saturated carbocycles. The molecule has 0 heterocycles. The first-order chi connectivity index (χ1) is 9.06. The van der Waals surface area contributed by atoms with Gasteiger partial charge >= 0.3 is 0 Å². The molecule has 0 aliphatic heterocycles. The summed E-state index contributed by atoms with van der Waals surface area (Å²) in [6.07, 6.45) is 3.51. The van der Waals surface area contributed by atoms with Gasteiger partial charge in [0.15, 0.2) is 0 Å². The molecule has 0 unspecified atom stereocenters. The van der Waals surface area contributed by atoms with Gasteiger partial charge in [-0.05, 0) is 30.5 Å². The largest absolute Gasteiger partial charge is 0.391 e. The Kier molecular flexibility index (Phi) is 5.08. The summed E-state index contributed by atoms with van der Waals surface area (Å²) < 4.78 is 0. The van der Waals surface area contributed by atoms with Crippen LogP contribution in [0.2, 0.25) is 10.0 Å². The maximum absolute atomic E-state index is 11.9. The summed E-state index contributed by atoms with van der Waals surface area (Å²) >= 11 is 11.7. The molecule has 2 atom stereocenters. The van der Waals surface area contributed by atoms with Crippen LogP contribution in [0.5, 0.6) is 0 Å². The average molecular weight is 302 g/mol. The van der Waals surface area contributed by atoms with Crippen molar-refractivity contribution in [2.45, 2.75) is 44.2 Å². The van der Waals surface area contributed by atoms with Crippen molar-refractivity contribution in [2.24, 2.45) is 0 Å². The van der Waals surface area contributed by atoms with Gasteiger partial charge in [0.2, 0.25) is 5.91 Å². The number of benzene rings is 1. The molecule has 1 aliphatic rings. The predicted molar refractivity (Wildman–Crippen MR) is 76.6 cm³/mol. The molecule has 1 amide bonds. The van der Waals surface area contributed by atoms with Gasteiger partial charge in [-0.3, -0.25) is 4.79 Å². The highest BCUT2D eigenvalue weighted by Gasteiger charge is 2.24. The van der Waals surface area contributed by atoms with Gasteiger partial charge in [0, 0.05) is 0 Å². The van der Waals surface area contributed by atoms with E-state index in [-0.39, 0.29) is 18.4 Å². The van der Waals surface area contributed by atoms with Crippen molar-refractivity contribution >= 4 is 29.1 Å². The lowest BCUT2D eigenvalue weighted by Crippen LogP contribution is -2.45. The van der Waals surface area contributed by atoms with E-state index in [1.54, 1.807) is 18.2 Å². The maximum atomic E-state index is 11.9. The lowest BCUT2D eigenvalue weighted by atomic mass is 9.92. The topological polar surface area (TPSA) is 49.3 Å². The molecule has 1 aromatic carbocycles. The summed E-state index contributed by atoms with van der Waals surface area (Å²) in [4.78, 5) is 11.9. The van der Waals surface area contributed by atoms with Crippen LogP contribution in [0.1, 0.15) is 31.2 Å². The van der Waals surface area contributed by atoms with Crippen LogP contribution in [0.4, 0.5) is 0 Å². The van der Waals surface area contributed by atoms with Crippen LogP contribution in [0.3, 0.4) is 0 Å². The SMILES string of the molecule is O=C(Cc1ccc(Cl)c(Cl)c1)N[C@H]1CCCC[C@@H]1O. The quantitative estimate of drug-likeness (QED) is 0.902. The Morgan fingerprint density at radius 3 is 2.68 bits per heavy atom. The Balaban J connectivity index is 1.91. The third-order valence-corrected chi connectivity index (χ3v) is 4.16. The molecule has 0 bridgehead atoms. The molecule has 5 heteroatoms. The number of carbonyl (C=O) groups is 1. The van der Waals surface area contributed by atoms with Crippen LogP contribution in [0, 0.1) is 0 Å². The number of nitrogens with one attached hydrogen (secondary N) is 1. The molecule has 2 rings (SSSR count). The lowest BCUT2D eigenvalue weighted by molar-refractivity contribution is -0.122. The third-order valence-electron chi connectivity index (χ3n) is 3.42. The Bertz CT molecular complexity index is 465. The fraction of sp³-hybridized carbons (Fsp3) is 0.500. The normalized spacial score (nSPS) is 23.1. The van der Waals surface area contributed by atoms with E-state index in [2.05, 4.69) is 5.32 Å². The van der Waals surface area contributed by atoms with E-state index < -0.39 is 6.10 Å². The van der Waals surface area contributed by atoms with Gasteiger partial charge in [-0.2, -0.15) is 0 Å². The molecule has 19 heavy (non-hydrogen) atoms. The Hall–Kier alpha value is -0.770. The summed E-state index contributed by atoms with van der Waals surface area (Å²) in [6, 6.07) is 5.04. The standard InChI is InChI=1S/C14H17Cl2NO2/c15-10-6-5-9(7-11(10)16)8-14(19)17-12-3-1-2-4-13(12)18/h5-7,12-13,18H,1-4,8H2,(H,17,19)/t12-,13-/m0/s1. The number of aliphatic hydroxyl groups is 1. The molecule has 2 N–H and O–H groups in total. The van der Waals surface area contributed by atoms with Gasteiger partial charge in [-0.1, -0.05) is 42.1 Å². The van der Waals surface area contributed by atoms with Crippen LogP contribution in [-0.4, -0.2) is 23.2 Å². The second kappa shape index (κ2) is 6.60. The number of hydrogen-bond acceptors (Lipinski definition) is 2. The van der Waals surface area contributed by atoms with E-state index in [0.717, 1.165) is 31.2 Å².